The fourth-order valence-electron chi connectivity index (χ4n) is 8.52. The molecule has 4 aromatic heterocycles. The lowest BCUT2D eigenvalue weighted by Crippen LogP contribution is -2.09. The lowest BCUT2D eigenvalue weighted by molar-refractivity contribution is 1.14. The highest BCUT2D eigenvalue weighted by Gasteiger charge is 2.21. The normalized spacial score (nSPS) is 11.2. The maximum atomic E-state index is 5.25. The number of rotatable bonds is 10. The van der Waals surface area contributed by atoms with Gasteiger partial charge in [-0.15, -0.1) is 0 Å². The van der Waals surface area contributed by atoms with Crippen molar-refractivity contribution in [3.8, 4) is 45.0 Å². The zero-order valence-electron chi connectivity index (χ0n) is 36.4. The Bertz CT molecular complexity index is 3370. The summed E-state index contributed by atoms with van der Waals surface area (Å²) in [4.78, 5) is 44.8. The first kappa shape index (κ1) is 40.0. The average molecular weight is 875 g/mol. The van der Waals surface area contributed by atoms with Gasteiger partial charge in [-0.1, -0.05) is 158 Å². The van der Waals surface area contributed by atoms with Gasteiger partial charge in [-0.25, -0.2) is 39.9 Å². The van der Waals surface area contributed by atoms with E-state index in [4.69, 9.17) is 39.9 Å². The van der Waals surface area contributed by atoms with Gasteiger partial charge in [-0.3, -0.25) is 0 Å². The van der Waals surface area contributed by atoms with Gasteiger partial charge in [0.25, 0.3) is 0 Å². The molecule has 0 spiro atoms. The average Bonchev–Trinajstić information content (AvgIpc) is 3.41. The first-order valence-electron chi connectivity index (χ1n) is 22.3. The Kier molecular flexibility index (Phi) is 10.3. The van der Waals surface area contributed by atoms with Crippen molar-refractivity contribution >= 4 is 68.0 Å². The molecule has 0 aliphatic carbocycles. The molecule has 0 bridgehead atoms. The van der Waals surface area contributed by atoms with Crippen LogP contribution in [0, 0.1) is 0 Å². The van der Waals surface area contributed by atoms with Gasteiger partial charge < -0.3 is 9.80 Å². The van der Waals surface area contributed by atoms with Crippen LogP contribution in [-0.2, 0) is 0 Å². The van der Waals surface area contributed by atoms with Crippen LogP contribution < -0.4 is 9.80 Å². The monoisotopic (exact) mass is 874 g/mol. The van der Waals surface area contributed by atoms with Gasteiger partial charge in [-0.05, 0) is 72.8 Å². The van der Waals surface area contributed by atoms with Crippen molar-refractivity contribution in [1.29, 1.82) is 0 Å². The van der Waals surface area contributed by atoms with Gasteiger partial charge in [-0.2, -0.15) is 0 Å². The molecule has 0 radical (unpaired) electrons. The molecule has 10 nitrogen and oxygen atoms in total. The summed E-state index contributed by atoms with van der Waals surface area (Å²) in [5.41, 5.74) is 14.4. The summed E-state index contributed by atoms with van der Waals surface area (Å²) >= 11 is 0. The predicted octanol–water partition coefficient (Wildman–Crippen LogP) is 13.9. The number of benzene rings is 8. The zero-order valence-corrected chi connectivity index (χ0v) is 36.4. The molecule has 0 saturated heterocycles. The predicted molar refractivity (Wildman–Crippen MR) is 272 cm³/mol. The van der Waals surface area contributed by atoms with Crippen LogP contribution in [0.3, 0.4) is 0 Å². The van der Waals surface area contributed by atoms with Crippen molar-refractivity contribution in [3.05, 3.63) is 231 Å². The Hall–Kier alpha value is -9.54. The van der Waals surface area contributed by atoms with Gasteiger partial charge in [0, 0.05) is 56.4 Å². The van der Waals surface area contributed by atoms with Crippen LogP contribution in [0.1, 0.15) is 0 Å². The molecular formula is C58H38N10. The molecule has 0 amide bonds. The summed E-state index contributed by atoms with van der Waals surface area (Å²) in [6.45, 7) is 0. The first-order valence-corrected chi connectivity index (χ1v) is 22.3. The second-order valence-corrected chi connectivity index (χ2v) is 16.1. The van der Waals surface area contributed by atoms with E-state index in [1.165, 1.54) is 0 Å². The molecule has 12 aromatic rings. The van der Waals surface area contributed by atoms with Gasteiger partial charge in [0.05, 0.1) is 22.8 Å². The standard InChI is InChI=1S/C58H38N10/c1-7-19-39(20-8-1)49-50(40-21-9-2-10-22-40)60-54-53(59-49)63-57-58(64-54)66-56-55(65-57)61-51(41-31-35-47(36-32-41)67(43-23-11-3-12-24-43)44-25-13-4-14-26-44)52(62-56)42-33-37-48(38-34-42)68(45-27-15-5-16-28-45)46-29-17-6-18-30-46/h1-38H. The molecule has 0 fully saturated rings. The minimum atomic E-state index is 0.293. The van der Waals surface area contributed by atoms with Crippen molar-refractivity contribution in [3.63, 3.8) is 0 Å². The highest BCUT2D eigenvalue weighted by atomic mass is 15.2. The SMILES string of the molecule is c1ccc(-c2nc3nc4nc5nc(-c6ccc(N(c7ccccc7)c7ccccc7)cc6)c(-c6ccc(N(c7ccccc7)c7ccccc7)cc6)nc5nc4nc3nc2-c2ccccc2)cc1. The van der Waals surface area contributed by atoms with Crippen LogP contribution in [0.15, 0.2) is 231 Å². The minimum absolute atomic E-state index is 0.293. The largest absolute Gasteiger partial charge is 0.311 e. The van der Waals surface area contributed by atoms with E-state index >= 15 is 0 Å². The number of nitrogens with zero attached hydrogens (tertiary/aromatic N) is 10. The quantitative estimate of drug-likeness (QED) is 0.123. The van der Waals surface area contributed by atoms with Crippen molar-refractivity contribution < 1.29 is 0 Å². The van der Waals surface area contributed by atoms with Gasteiger partial charge in [0.2, 0.25) is 33.9 Å². The molecule has 0 aliphatic heterocycles. The molecule has 0 aliphatic rings. The molecule has 4 heterocycles. The summed E-state index contributed by atoms with van der Waals surface area (Å²) < 4.78 is 0. The van der Waals surface area contributed by atoms with Gasteiger partial charge >= 0.3 is 0 Å². The summed E-state index contributed by atoms with van der Waals surface area (Å²) in [6, 6.07) is 78.2. The lowest BCUT2D eigenvalue weighted by Gasteiger charge is -2.26. The molecule has 68 heavy (non-hydrogen) atoms. The Morgan fingerprint density at radius 2 is 0.368 bits per heavy atom. The maximum Gasteiger partial charge on any atom is 0.202 e. The third-order valence-electron chi connectivity index (χ3n) is 11.7. The van der Waals surface area contributed by atoms with Gasteiger partial charge in [0.15, 0.2) is 0 Å². The fraction of sp³-hybridized carbons (Fsp3) is 0. The third-order valence-corrected chi connectivity index (χ3v) is 11.7. The minimum Gasteiger partial charge on any atom is -0.311 e. The van der Waals surface area contributed by atoms with E-state index in [2.05, 4.69) is 155 Å². The van der Waals surface area contributed by atoms with Crippen molar-refractivity contribution in [1.82, 2.24) is 39.9 Å². The number of anilines is 6. The zero-order chi connectivity index (χ0) is 45.2. The highest BCUT2D eigenvalue weighted by molar-refractivity contribution is 5.91. The van der Waals surface area contributed by atoms with Crippen LogP contribution >= 0.6 is 0 Å². The Morgan fingerprint density at radius 3 is 0.618 bits per heavy atom. The van der Waals surface area contributed by atoms with Gasteiger partial charge in [0.1, 0.15) is 0 Å². The van der Waals surface area contributed by atoms with E-state index in [1.54, 1.807) is 0 Å². The smallest absolute Gasteiger partial charge is 0.202 e. The number of hydrogen-bond donors (Lipinski definition) is 0. The molecule has 12 rings (SSSR count). The van der Waals surface area contributed by atoms with Crippen molar-refractivity contribution in [2.45, 2.75) is 0 Å². The molecule has 0 N–H and O–H groups in total. The second-order valence-electron chi connectivity index (χ2n) is 16.1. The van der Waals surface area contributed by atoms with E-state index in [-0.39, 0.29) is 0 Å². The topological polar surface area (TPSA) is 110 Å². The highest BCUT2D eigenvalue weighted by Crippen LogP contribution is 2.39. The van der Waals surface area contributed by atoms with Crippen LogP contribution in [0.5, 0.6) is 0 Å². The summed E-state index contributed by atoms with van der Waals surface area (Å²) in [6.07, 6.45) is 0. The van der Waals surface area contributed by atoms with Crippen LogP contribution in [-0.4, -0.2) is 39.9 Å². The van der Waals surface area contributed by atoms with Crippen LogP contribution in [0.2, 0.25) is 0 Å². The molecule has 0 unspecified atom stereocenters. The fourth-order valence-corrected chi connectivity index (χ4v) is 8.52. The van der Waals surface area contributed by atoms with E-state index in [0.717, 1.165) is 56.4 Å². The summed E-state index contributed by atoms with van der Waals surface area (Å²) in [7, 11) is 0. The second kappa shape index (κ2) is 17.4. The summed E-state index contributed by atoms with van der Waals surface area (Å²) in [5.74, 6) is 0. The molecule has 0 saturated carbocycles. The maximum absolute atomic E-state index is 5.25. The van der Waals surface area contributed by atoms with E-state index < -0.39 is 0 Å². The Labute approximate surface area is 391 Å². The molecule has 8 aromatic carbocycles. The van der Waals surface area contributed by atoms with E-state index in [1.807, 2.05) is 84.9 Å². The number of aromatic nitrogens is 8. The number of para-hydroxylation sites is 4. The van der Waals surface area contributed by atoms with Crippen molar-refractivity contribution in [2.24, 2.45) is 0 Å². The van der Waals surface area contributed by atoms with Crippen molar-refractivity contribution in [2.75, 3.05) is 9.80 Å². The molecule has 10 heteroatoms. The molecule has 320 valence electrons. The van der Waals surface area contributed by atoms with E-state index in [9.17, 15) is 0 Å². The summed E-state index contributed by atoms with van der Waals surface area (Å²) in [5, 5.41) is 0. The third kappa shape index (κ3) is 7.67. The Balaban J connectivity index is 1.02. The van der Waals surface area contributed by atoms with E-state index in [0.29, 0.717) is 56.7 Å². The number of hydrogen-bond acceptors (Lipinski definition) is 10. The lowest BCUT2D eigenvalue weighted by atomic mass is 10.0. The van der Waals surface area contributed by atoms with Crippen LogP contribution in [0.25, 0.3) is 78.9 Å². The number of fused-ring (bicyclic) bond motifs is 3. The van der Waals surface area contributed by atoms with Crippen LogP contribution in [0.4, 0.5) is 34.1 Å². The molecule has 0 atom stereocenters. The Morgan fingerprint density at radius 1 is 0.176 bits per heavy atom. The first-order chi connectivity index (χ1) is 33.7. The molecular weight excluding hydrogens is 837 g/mol.